The van der Waals surface area contributed by atoms with Crippen molar-refractivity contribution in [2.24, 2.45) is 5.41 Å². The van der Waals surface area contributed by atoms with E-state index in [0.29, 0.717) is 52.7 Å². The van der Waals surface area contributed by atoms with E-state index in [1.165, 1.54) is 24.3 Å². The van der Waals surface area contributed by atoms with E-state index in [9.17, 15) is 14.0 Å². The molecule has 2 amide bonds. The lowest BCUT2D eigenvalue weighted by Crippen LogP contribution is -2.35. The van der Waals surface area contributed by atoms with Gasteiger partial charge in [-0.2, -0.15) is 0 Å². The van der Waals surface area contributed by atoms with Crippen LogP contribution < -0.4 is 24.8 Å². The molecule has 0 bridgehead atoms. The summed E-state index contributed by atoms with van der Waals surface area (Å²) >= 11 is 0. The standard InChI is InChI=1S/C28H24FN3O5.C2H6/c1-35-24-15-21-22(16-25(24)36-2)30-14-11-23(21)37-20-9-7-19(8-10-20)32-27(34)28(12-13-28)26(33)31-18-5-3-17(29)4-6-18;1-2/h3-11,14-16H,12-13H2,1-2H3,(H,31,33)(H,32,34);1-2H3. The van der Waals surface area contributed by atoms with Gasteiger partial charge in [-0.1, -0.05) is 13.8 Å². The molecule has 0 unspecified atom stereocenters. The fraction of sp³-hybridized carbons (Fsp3) is 0.233. The van der Waals surface area contributed by atoms with E-state index in [2.05, 4.69) is 15.6 Å². The molecule has 0 aliphatic heterocycles. The van der Waals surface area contributed by atoms with Gasteiger partial charge in [0.2, 0.25) is 11.8 Å². The molecule has 202 valence electrons. The summed E-state index contributed by atoms with van der Waals surface area (Å²) in [5, 5.41) is 6.26. The fourth-order valence-corrected chi connectivity index (χ4v) is 3.99. The molecular weight excluding hydrogens is 501 g/mol. The molecule has 1 fully saturated rings. The molecule has 0 atom stereocenters. The number of carbonyl (C=O) groups excluding carboxylic acids is 2. The van der Waals surface area contributed by atoms with Crippen LogP contribution in [0.5, 0.6) is 23.0 Å². The number of anilines is 2. The number of carbonyl (C=O) groups is 2. The first-order valence-corrected chi connectivity index (χ1v) is 12.6. The Labute approximate surface area is 226 Å². The number of ether oxygens (including phenoxy) is 3. The average Bonchev–Trinajstić information content (AvgIpc) is 3.78. The van der Waals surface area contributed by atoms with E-state index in [1.54, 1.807) is 62.9 Å². The van der Waals surface area contributed by atoms with E-state index in [1.807, 2.05) is 13.8 Å². The van der Waals surface area contributed by atoms with Crippen LogP contribution in [0.15, 0.2) is 72.9 Å². The fourth-order valence-electron chi connectivity index (χ4n) is 3.99. The number of nitrogens with one attached hydrogen (secondary N) is 2. The van der Waals surface area contributed by atoms with Gasteiger partial charge in [-0.25, -0.2) is 4.39 Å². The summed E-state index contributed by atoms with van der Waals surface area (Å²) in [4.78, 5) is 30.1. The van der Waals surface area contributed by atoms with Crippen molar-refractivity contribution in [2.45, 2.75) is 26.7 Å². The molecule has 39 heavy (non-hydrogen) atoms. The van der Waals surface area contributed by atoms with Crippen LogP contribution in [-0.2, 0) is 9.59 Å². The van der Waals surface area contributed by atoms with Gasteiger partial charge < -0.3 is 24.8 Å². The van der Waals surface area contributed by atoms with Crippen molar-refractivity contribution in [3.8, 4) is 23.0 Å². The maximum absolute atomic E-state index is 13.1. The molecule has 0 spiro atoms. The van der Waals surface area contributed by atoms with Gasteiger partial charge in [0.15, 0.2) is 11.5 Å². The van der Waals surface area contributed by atoms with Gasteiger partial charge in [-0.05, 0) is 73.5 Å². The number of methoxy groups -OCH3 is 2. The maximum Gasteiger partial charge on any atom is 0.240 e. The van der Waals surface area contributed by atoms with Crippen LogP contribution in [0.3, 0.4) is 0 Å². The normalized spacial score (nSPS) is 12.9. The number of hydrogen-bond donors (Lipinski definition) is 2. The topological polar surface area (TPSA) is 98.8 Å². The van der Waals surface area contributed by atoms with Crippen molar-refractivity contribution in [3.63, 3.8) is 0 Å². The minimum Gasteiger partial charge on any atom is -0.493 e. The second-order valence-corrected chi connectivity index (χ2v) is 8.66. The van der Waals surface area contributed by atoms with E-state index in [-0.39, 0.29) is 5.91 Å². The number of benzene rings is 3. The van der Waals surface area contributed by atoms with E-state index < -0.39 is 17.1 Å². The summed E-state index contributed by atoms with van der Waals surface area (Å²) in [6, 6.07) is 17.6. The molecule has 0 radical (unpaired) electrons. The predicted molar refractivity (Wildman–Crippen MR) is 148 cm³/mol. The van der Waals surface area contributed by atoms with Crippen molar-refractivity contribution >= 4 is 34.1 Å². The van der Waals surface area contributed by atoms with E-state index in [4.69, 9.17) is 14.2 Å². The third-order valence-electron chi connectivity index (χ3n) is 6.27. The van der Waals surface area contributed by atoms with Gasteiger partial charge in [0.05, 0.1) is 19.7 Å². The highest BCUT2D eigenvalue weighted by Crippen LogP contribution is 2.47. The van der Waals surface area contributed by atoms with Gasteiger partial charge in [0.25, 0.3) is 0 Å². The zero-order chi connectivity index (χ0) is 28.0. The van der Waals surface area contributed by atoms with Crippen LogP contribution in [0.25, 0.3) is 10.9 Å². The SMILES string of the molecule is CC.COc1cc2nccc(Oc3ccc(NC(=O)C4(C(=O)Nc5ccc(F)cc5)CC4)cc3)c2cc1OC. The lowest BCUT2D eigenvalue weighted by atomic mass is 10.0. The summed E-state index contributed by atoms with van der Waals surface area (Å²) in [5.41, 5.74) is 0.517. The largest absolute Gasteiger partial charge is 0.493 e. The first kappa shape index (κ1) is 27.4. The Morgan fingerprint density at radius 1 is 0.795 bits per heavy atom. The maximum atomic E-state index is 13.1. The Balaban J connectivity index is 0.00000172. The number of rotatable bonds is 8. The highest BCUT2D eigenvalue weighted by Gasteiger charge is 2.56. The molecule has 9 heteroatoms. The lowest BCUT2D eigenvalue weighted by Gasteiger charge is -2.16. The molecule has 1 heterocycles. The van der Waals surface area contributed by atoms with Gasteiger partial charge in [-0.3, -0.25) is 14.6 Å². The number of pyridine rings is 1. The summed E-state index contributed by atoms with van der Waals surface area (Å²) in [5.74, 6) is 1.06. The molecule has 1 aromatic heterocycles. The van der Waals surface area contributed by atoms with Gasteiger partial charge in [-0.15, -0.1) is 0 Å². The summed E-state index contributed by atoms with van der Waals surface area (Å²) < 4.78 is 29.9. The van der Waals surface area contributed by atoms with Crippen molar-refractivity contribution in [2.75, 3.05) is 24.9 Å². The molecule has 1 saturated carbocycles. The summed E-state index contributed by atoms with van der Waals surface area (Å²) in [6.45, 7) is 4.00. The van der Waals surface area contributed by atoms with Crippen LogP contribution in [0.1, 0.15) is 26.7 Å². The Bertz CT molecular complexity index is 1470. The molecule has 8 nitrogen and oxygen atoms in total. The first-order chi connectivity index (χ1) is 18.9. The van der Waals surface area contributed by atoms with Crippen LogP contribution in [0.4, 0.5) is 15.8 Å². The Morgan fingerprint density at radius 3 is 1.87 bits per heavy atom. The van der Waals surface area contributed by atoms with Crippen molar-refractivity contribution in [1.29, 1.82) is 0 Å². The van der Waals surface area contributed by atoms with E-state index >= 15 is 0 Å². The molecule has 5 rings (SSSR count). The van der Waals surface area contributed by atoms with Gasteiger partial charge in [0, 0.05) is 29.0 Å². The minimum atomic E-state index is -1.14. The summed E-state index contributed by atoms with van der Waals surface area (Å²) in [7, 11) is 3.12. The number of hydrogen-bond acceptors (Lipinski definition) is 6. The zero-order valence-corrected chi connectivity index (χ0v) is 22.2. The second kappa shape index (κ2) is 11.8. The molecule has 3 aromatic carbocycles. The highest BCUT2D eigenvalue weighted by atomic mass is 19.1. The molecule has 1 aliphatic carbocycles. The molecule has 4 aromatic rings. The van der Waals surface area contributed by atoms with Crippen molar-refractivity contribution < 1.29 is 28.2 Å². The second-order valence-electron chi connectivity index (χ2n) is 8.66. The van der Waals surface area contributed by atoms with E-state index in [0.717, 1.165) is 5.39 Å². The Hall–Kier alpha value is -4.66. The smallest absolute Gasteiger partial charge is 0.240 e. The molecule has 1 aliphatic rings. The number of aromatic nitrogens is 1. The first-order valence-electron chi connectivity index (χ1n) is 12.6. The molecule has 0 saturated heterocycles. The van der Waals surface area contributed by atoms with Crippen LogP contribution in [0, 0.1) is 11.2 Å². The number of nitrogens with zero attached hydrogens (tertiary/aromatic N) is 1. The van der Waals surface area contributed by atoms with Gasteiger partial charge in [0.1, 0.15) is 22.7 Å². The van der Waals surface area contributed by atoms with Crippen LogP contribution in [-0.4, -0.2) is 31.0 Å². The quantitative estimate of drug-likeness (QED) is 0.250. The van der Waals surface area contributed by atoms with Crippen molar-refractivity contribution in [3.05, 3.63) is 78.7 Å². The number of amides is 2. The Kier molecular flexibility index (Phi) is 8.29. The number of halogens is 1. The predicted octanol–water partition coefficient (Wildman–Crippen LogP) is 6.57. The van der Waals surface area contributed by atoms with Gasteiger partial charge >= 0.3 is 0 Å². The third kappa shape index (κ3) is 5.93. The Morgan fingerprint density at radius 2 is 1.33 bits per heavy atom. The molecular formula is C30H30FN3O5. The lowest BCUT2D eigenvalue weighted by molar-refractivity contribution is -0.131. The minimum absolute atomic E-state index is 0.387. The zero-order valence-electron chi connectivity index (χ0n) is 22.2. The highest BCUT2D eigenvalue weighted by molar-refractivity contribution is 6.16. The van der Waals surface area contributed by atoms with Crippen LogP contribution in [0.2, 0.25) is 0 Å². The summed E-state index contributed by atoms with van der Waals surface area (Å²) in [6.07, 6.45) is 2.52. The molecule has 2 N–H and O–H groups in total. The van der Waals surface area contributed by atoms with Crippen LogP contribution >= 0.6 is 0 Å². The number of fused-ring (bicyclic) bond motifs is 1. The monoisotopic (exact) mass is 531 g/mol. The third-order valence-corrected chi connectivity index (χ3v) is 6.27. The average molecular weight is 532 g/mol. The van der Waals surface area contributed by atoms with Crippen molar-refractivity contribution in [1.82, 2.24) is 4.98 Å².